The second-order valence-electron chi connectivity index (χ2n) is 6.88. The Labute approximate surface area is 184 Å². The summed E-state index contributed by atoms with van der Waals surface area (Å²) in [4.78, 5) is 37.2. The van der Waals surface area contributed by atoms with Gasteiger partial charge in [-0.05, 0) is 49.5 Å². The fourth-order valence-electron chi connectivity index (χ4n) is 3.38. The fraction of sp³-hybridized carbons (Fsp3) is 0.318. The molecule has 1 aromatic carbocycles. The van der Waals surface area contributed by atoms with Crippen molar-refractivity contribution in [3.8, 4) is 11.5 Å². The van der Waals surface area contributed by atoms with Crippen LogP contribution in [0, 0.1) is 0 Å². The molecule has 1 aliphatic carbocycles. The van der Waals surface area contributed by atoms with Gasteiger partial charge >= 0.3 is 5.97 Å². The van der Waals surface area contributed by atoms with E-state index in [2.05, 4.69) is 5.32 Å². The van der Waals surface area contributed by atoms with Gasteiger partial charge in [0.25, 0.3) is 11.8 Å². The number of primary amides is 1. The molecule has 0 saturated heterocycles. The molecule has 0 saturated carbocycles. The molecule has 1 aromatic heterocycles. The van der Waals surface area contributed by atoms with Crippen LogP contribution in [0.5, 0.6) is 11.5 Å². The van der Waals surface area contributed by atoms with Gasteiger partial charge in [-0.3, -0.25) is 9.59 Å². The second-order valence-corrected chi connectivity index (χ2v) is 7.98. The summed E-state index contributed by atoms with van der Waals surface area (Å²) in [6.45, 7) is -0.482. The Bertz CT molecular complexity index is 1030. The van der Waals surface area contributed by atoms with E-state index in [0.717, 1.165) is 36.1 Å². The van der Waals surface area contributed by atoms with Crippen LogP contribution in [0.4, 0.5) is 5.00 Å². The van der Waals surface area contributed by atoms with Crippen molar-refractivity contribution < 1.29 is 28.6 Å². The summed E-state index contributed by atoms with van der Waals surface area (Å²) in [6, 6.07) is 5.16. The van der Waals surface area contributed by atoms with Crippen LogP contribution in [-0.4, -0.2) is 38.6 Å². The van der Waals surface area contributed by atoms with E-state index in [1.54, 1.807) is 25.3 Å². The maximum absolute atomic E-state index is 12.3. The maximum Gasteiger partial charge on any atom is 0.331 e. The van der Waals surface area contributed by atoms with Crippen molar-refractivity contribution >= 4 is 40.2 Å². The lowest BCUT2D eigenvalue weighted by Gasteiger charge is -2.11. The van der Waals surface area contributed by atoms with Crippen LogP contribution in [0.1, 0.15) is 39.2 Å². The van der Waals surface area contributed by atoms with E-state index in [4.69, 9.17) is 19.9 Å². The number of anilines is 1. The normalized spacial score (nSPS) is 12.8. The second kappa shape index (κ2) is 10.1. The first-order chi connectivity index (χ1) is 14.9. The lowest BCUT2D eigenvalue weighted by Crippen LogP contribution is -2.22. The molecule has 0 spiro atoms. The first-order valence-electron chi connectivity index (χ1n) is 9.74. The first-order valence-corrected chi connectivity index (χ1v) is 10.6. The number of benzene rings is 1. The van der Waals surface area contributed by atoms with E-state index in [0.29, 0.717) is 27.6 Å². The molecule has 0 aliphatic heterocycles. The monoisotopic (exact) mass is 444 g/mol. The molecule has 2 amide bonds. The molecule has 0 radical (unpaired) electrons. The van der Waals surface area contributed by atoms with E-state index in [1.165, 1.54) is 30.6 Å². The summed E-state index contributed by atoms with van der Waals surface area (Å²) in [6.07, 6.45) is 6.40. The Morgan fingerprint density at radius 1 is 1.16 bits per heavy atom. The Morgan fingerprint density at radius 2 is 1.94 bits per heavy atom. The Morgan fingerprint density at radius 3 is 2.65 bits per heavy atom. The van der Waals surface area contributed by atoms with Crippen molar-refractivity contribution in [2.24, 2.45) is 5.73 Å². The number of methoxy groups -OCH3 is 2. The number of ether oxygens (including phenoxy) is 3. The number of amides is 2. The van der Waals surface area contributed by atoms with E-state index in [1.807, 2.05) is 0 Å². The largest absolute Gasteiger partial charge is 0.497 e. The maximum atomic E-state index is 12.3. The standard InChI is InChI=1S/C22H24N2O6S/c1-28-14-9-7-13(16(11-14)29-2)8-10-19(26)30-12-18(25)24-22-20(21(23)27)15-5-3-4-6-17(15)31-22/h7-11H,3-6,12H2,1-2H3,(H2,23,27)(H,24,25). The van der Waals surface area contributed by atoms with Crippen LogP contribution >= 0.6 is 11.3 Å². The minimum atomic E-state index is -0.686. The van der Waals surface area contributed by atoms with Crippen LogP contribution in [0.2, 0.25) is 0 Å². The highest BCUT2D eigenvalue weighted by atomic mass is 32.1. The molecule has 1 aliphatic rings. The van der Waals surface area contributed by atoms with Gasteiger partial charge < -0.3 is 25.3 Å². The lowest BCUT2D eigenvalue weighted by molar-refractivity contribution is -0.142. The molecule has 164 valence electrons. The number of aryl methyl sites for hydroxylation is 1. The summed E-state index contributed by atoms with van der Waals surface area (Å²) in [5, 5.41) is 3.07. The van der Waals surface area contributed by atoms with E-state index >= 15 is 0 Å². The van der Waals surface area contributed by atoms with Crippen LogP contribution < -0.4 is 20.5 Å². The van der Waals surface area contributed by atoms with Crippen LogP contribution in [0.25, 0.3) is 6.08 Å². The highest BCUT2D eigenvalue weighted by molar-refractivity contribution is 7.17. The van der Waals surface area contributed by atoms with Gasteiger partial charge in [0.1, 0.15) is 16.5 Å². The van der Waals surface area contributed by atoms with Gasteiger partial charge in [0.15, 0.2) is 6.61 Å². The molecule has 8 nitrogen and oxygen atoms in total. The van der Waals surface area contributed by atoms with Crippen molar-refractivity contribution in [2.45, 2.75) is 25.7 Å². The topological polar surface area (TPSA) is 117 Å². The van der Waals surface area contributed by atoms with Crippen molar-refractivity contribution in [3.05, 3.63) is 45.8 Å². The lowest BCUT2D eigenvalue weighted by atomic mass is 9.95. The summed E-state index contributed by atoms with van der Waals surface area (Å²) < 4.78 is 15.4. The first kappa shape index (κ1) is 22.4. The zero-order chi connectivity index (χ0) is 22.4. The average Bonchev–Trinajstić information content (AvgIpc) is 3.13. The van der Waals surface area contributed by atoms with Crippen molar-refractivity contribution in [2.75, 3.05) is 26.1 Å². The number of rotatable bonds is 8. The number of nitrogens with two attached hydrogens (primary N) is 1. The molecule has 31 heavy (non-hydrogen) atoms. The molecule has 2 aromatic rings. The van der Waals surface area contributed by atoms with E-state index in [-0.39, 0.29) is 0 Å². The molecule has 0 bridgehead atoms. The number of fused-ring (bicyclic) bond motifs is 1. The van der Waals surface area contributed by atoms with Crippen molar-refractivity contribution in [3.63, 3.8) is 0 Å². The summed E-state index contributed by atoms with van der Waals surface area (Å²) in [7, 11) is 3.06. The third-order valence-electron chi connectivity index (χ3n) is 4.86. The molecule has 3 rings (SSSR count). The van der Waals surface area contributed by atoms with Gasteiger partial charge in [0, 0.05) is 22.6 Å². The smallest absolute Gasteiger partial charge is 0.331 e. The highest BCUT2D eigenvalue weighted by Crippen LogP contribution is 2.37. The van der Waals surface area contributed by atoms with Crippen molar-refractivity contribution in [1.82, 2.24) is 0 Å². The fourth-order valence-corrected chi connectivity index (χ4v) is 4.69. The molecule has 0 fully saturated rings. The quantitative estimate of drug-likeness (QED) is 0.478. The van der Waals surface area contributed by atoms with Crippen molar-refractivity contribution in [1.29, 1.82) is 0 Å². The van der Waals surface area contributed by atoms with Crippen LogP contribution in [0.15, 0.2) is 24.3 Å². The zero-order valence-corrected chi connectivity index (χ0v) is 18.2. The van der Waals surface area contributed by atoms with Gasteiger partial charge in [0.05, 0.1) is 19.8 Å². The number of esters is 1. The Hall–Kier alpha value is -3.33. The predicted molar refractivity (Wildman–Crippen MR) is 118 cm³/mol. The minimum Gasteiger partial charge on any atom is -0.497 e. The van der Waals surface area contributed by atoms with Gasteiger partial charge in [-0.15, -0.1) is 11.3 Å². The number of hydrogen-bond acceptors (Lipinski definition) is 7. The molecular formula is C22H24N2O6S. The molecule has 3 N–H and O–H groups in total. The third-order valence-corrected chi connectivity index (χ3v) is 6.06. The molecule has 1 heterocycles. The number of thiophene rings is 1. The highest BCUT2D eigenvalue weighted by Gasteiger charge is 2.25. The van der Waals surface area contributed by atoms with Crippen LogP contribution in [0.3, 0.4) is 0 Å². The minimum absolute atomic E-state index is 0.367. The summed E-state index contributed by atoms with van der Waals surface area (Å²) in [5.41, 5.74) is 7.46. The molecule has 0 atom stereocenters. The van der Waals surface area contributed by atoms with Gasteiger partial charge in [-0.1, -0.05) is 0 Å². The number of carbonyl (C=O) groups is 3. The Balaban J connectivity index is 1.59. The molecule has 9 heteroatoms. The number of carbonyl (C=O) groups excluding carboxylic acids is 3. The zero-order valence-electron chi connectivity index (χ0n) is 17.4. The van der Waals surface area contributed by atoms with Gasteiger partial charge in [-0.2, -0.15) is 0 Å². The molecular weight excluding hydrogens is 420 g/mol. The average molecular weight is 445 g/mol. The summed E-state index contributed by atoms with van der Waals surface area (Å²) in [5.74, 6) is -0.637. The number of nitrogens with one attached hydrogen (secondary N) is 1. The van der Waals surface area contributed by atoms with Gasteiger partial charge in [-0.25, -0.2) is 4.79 Å². The molecule has 0 unspecified atom stereocenters. The number of hydrogen-bond donors (Lipinski definition) is 2. The van der Waals surface area contributed by atoms with E-state index < -0.39 is 24.4 Å². The van der Waals surface area contributed by atoms with Gasteiger partial charge in [0.2, 0.25) is 0 Å². The SMILES string of the molecule is COc1ccc(C=CC(=O)OCC(=O)Nc2sc3c(c2C(N)=O)CCCC3)c(OC)c1. The van der Waals surface area contributed by atoms with E-state index in [9.17, 15) is 14.4 Å². The summed E-state index contributed by atoms with van der Waals surface area (Å²) >= 11 is 1.36. The third kappa shape index (κ3) is 5.43. The van der Waals surface area contributed by atoms with Crippen LogP contribution in [-0.2, 0) is 27.2 Å². The predicted octanol–water partition coefficient (Wildman–Crippen LogP) is 2.94. The Kier molecular flexibility index (Phi) is 7.30.